The van der Waals surface area contributed by atoms with E-state index in [1.807, 2.05) is 0 Å². The number of esters is 2. The number of nitro benzene ring substituents is 1. The third kappa shape index (κ3) is 5.34. The first kappa shape index (κ1) is 19.1. The van der Waals surface area contributed by atoms with E-state index in [0.29, 0.717) is 5.56 Å². The van der Waals surface area contributed by atoms with Crippen LogP contribution in [0.3, 0.4) is 0 Å². The van der Waals surface area contributed by atoms with Gasteiger partial charge >= 0.3 is 11.9 Å². The predicted octanol–water partition coefficient (Wildman–Crippen LogP) is 1.27. The lowest BCUT2D eigenvalue weighted by atomic mass is 10.0. The summed E-state index contributed by atoms with van der Waals surface area (Å²) in [7, 11) is 0. The van der Waals surface area contributed by atoms with Crippen molar-refractivity contribution in [1.82, 2.24) is 5.32 Å². The Labute approximate surface area is 138 Å². The highest BCUT2D eigenvalue weighted by atomic mass is 16.6. The summed E-state index contributed by atoms with van der Waals surface area (Å²) in [6, 6.07) is 3.84. The molecule has 0 bridgehead atoms. The number of carbonyl (C=O) groups excluding carboxylic acids is 3. The first-order valence-electron chi connectivity index (χ1n) is 7.11. The van der Waals surface area contributed by atoms with E-state index in [0.717, 1.165) is 6.92 Å². The summed E-state index contributed by atoms with van der Waals surface area (Å²) in [6.07, 6.45) is -1.17. The fourth-order valence-corrected chi connectivity index (χ4v) is 2.00. The molecule has 24 heavy (non-hydrogen) atoms. The molecule has 130 valence electrons. The molecule has 0 spiro atoms. The van der Waals surface area contributed by atoms with Gasteiger partial charge in [0.1, 0.15) is 0 Å². The number of nitrogens with one attached hydrogen (secondary N) is 1. The largest absolute Gasteiger partial charge is 0.464 e. The van der Waals surface area contributed by atoms with Crippen LogP contribution < -0.4 is 5.32 Å². The summed E-state index contributed by atoms with van der Waals surface area (Å²) in [5, 5.41) is 13.1. The van der Waals surface area contributed by atoms with Gasteiger partial charge in [0.25, 0.3) is 5.69 Å². The van der Waals surface area contributed by atoms with E-state index >= 15 is 0 Å². The summed E-state index contributed by atoms with van der Waals surface area (Å²) >= 11 is 0. The molecule has 0 heterocycles. The van der Waals surface area contributed by atoms with E-state index in [1.54, 1.807) is 6.92 Å². The van der Waals surface area contributed by atoms with E-state index < -0.39 is 34.9 Å². The van der Waals surface area contributed by atoms with Gasteiger partial charge in [0.2, 0.25) is 5.91 Å². The third-order valence-electron chi connectivity index (χ3n) is 2.93. The van der Waals surface area contributed by atoms with Crippen molar-refractivity contribution in [1.29, 1.82) is 0 Å². The molecule has 0 saturated heterocycles. The minimum atomic E-state index is -1.27. The molecule has 1 amide bonds. The normalized spacial score (nSPS) is 12.6. The summed E-state index contributed by atoms with van der Waals surface area (Å²) in [4.78, 5) is 45.0. The van der Waals surface area contributed by atoms with Crippen LogP contribution in [-0.4, -0.2) is 35.4 Å². The Morgan fingerprint density at radius 2 is 1.79 bits per heavy atom. The molecule has 0 aliphatic carbocycles. The number of carbonyl (C=O) groups is 3. The van der Waals surface area contributed by atoms with Crippen LogP contribution >= 0.6 is 0 Å². The lowest BCUT2D eigenvalue weighted by Gasteiger charge is -2.26. The lowest BCUT2D eigenvalue weighted by molar-refractivity contribution is -0.384. The van der Waals surface area contributed by atoms with Gasteiger partial charge in [-0.3, -0.25) is 19.7 Å². The van der Waals surface area contributed by atoms with Crippen LogP contribution in [0.1, 0.15) is 32.4 Å². The number of benzene rings is 1. The second kappa shape index (κ2) is 8.61. The summed E-state index contributed by atoms with van der Waals surface area (Å²) < 4.78 is 10.0. The van der Waals surface area contributed by atoms with Crippen LogP contribution in [0.25, 0.3) is 0 Å². The van der Waals surface area contributed by atoms with Gasteiger partial charge in [-0.05, 0) is 24.6 Å². The van der Waals surface area contributed by atoms with Crippen molar-refractivity contribution in [3.05, 3.63) is 39.9 Å². The highest BCUT2D eigenvalue weighted by Crippen LogP contribution is 2.25. The fraction of sp³-hybridized carbons (Fsp3) is 0.400. The molecule has 9 heteroatoms. The number of hydrogen-bond acceptors (Lipinski definition) is 7. The second-order valence-electron chi connectivity index (χ2n) is 4.81. The molecule has 0 saturated carbocycles. The molecule has 0 aromatic heterocycles. The minimum Gasteiger partial charge on any atom is -0.464 e. The Kier molecular flexibility index (Phi) is 6.84. The summed E-state index contributed by atoms with van der Waals surface area (Å²) in [6.45, 7) is 4.01. The monoisotopic (exact) mass is 338 g/mol. The Morgan fingerprint density at radius 1 is 1.21 bits per heavy atom. The van der Waals surface area contributed by atoms with Gasteiger partial charge in [0, 0.05) is 26.0 Å². The zero-order chi connectivity index (χ0) is 18.3. The number of hydrogen-bond donors (Lipinski definition) is 1. The molecule has 1 aromatic rings. The van der Waals surface area contributed by atoms with E-state index in [9.17, 15) is 24.5 Å². The average molecular weight is 338 g/mol. The number of rotatable bonds is 7. The fourth-order valence-electron chi connectivity index (χ4n) is 2.00. The average Bonchev–Trinajstić information content (AvgIpc) is 2.50. The zero-order valence-corrected chi connectivity index (χ0v) is 13.5. The van der Waals surface area contributed by atoms with Crippen molar-refractivity contribution in [2.75, 3.05) is 6.61 Å². The van der Waals surface area contributed by atoms with Crippen molar-refractivity contribution >= 4 is 23.5 Å². The van der Waals surface area contributed by atoms with Crippen LogP contribution in [0.2, 0.25) is 0 Å². The number of ether oxygens (including phenoxy) is 2. The maximum Gasteiger partial charge on any atom is 0.332 e. The number of amides is 1. The van der Waals surface area contributed by atoms with Crippen molar-refractivity contribution < 1.29 is 28.8 Å². The number of nitrogens with zero attached hydrogens (tertiary/aromatic N) is 1. The number of non-ortho nitro benzene ring substituents is 1. The molecular formula is C15H18N2O7. The standard InChI is InChI=1S/C15H18N2O7/c1-4-23-15(20)13(16-9(2)18)14(24-10(3)19)11-5-7-12(8-6-11)17(21)22/h5-8,13-14H,4H2,1-3H3,(H,16,18)/t13-,14+/m0/s1. The highest BCUT2D eigenvalue weighted by Gasteiger charge is 2.34. The molecule has 1 aromatic carbocycles. The van der Waals surface area contributed by atoms with Crippen molar-refractivity contribution in [3.63, 3.8) is 0 Å². The van der Waals surface area contributed by atoms with Crippen LogP contribution in [0, 0.1) is 10.1 Å². The quantitative estimate of drug-likeness (QED) is 0.451. The maximum absolute atomic E-state index is 12.1. The smallest absolute Gasteiger partial charge is 0.332 e. The van der Waals surface area contributed by atoms with Crippen molar-refractivity contribution in [2.45, 2.75) is 32.9 Å². The van der Waals surface area contributed by atoms with Gasteiger partial charge < -0.3 is 14.8 Å². The van der Waals surface area contributed by atoms with Crippen molar-refractivity contribution in [2.24, 2.45) is 0 Å². The van der Waals surface area contributed by atoms with E-state index in [1.165, 1.54) is 31.2 Å². The topological polar surface area (TPSA) is 125 Å². The predicted molar refractivity (Wildman–Crippen MR) is 81.8 cm³/mol. The molecule has 2 atom stereocenters. The van der Waals surface area contributed by atoms with Gasteiger partial charge in [-0.25, -0.2) is 4.79 Å². The van der Waals surface area contributed by atoms with Gasteiger partial charge in [-0.15, -0.1) is 0 Å². The Bertz CT molecular complexity index is 627. The molecule has 0 aliphatic rings. The van der Waals surface area contributed by atoms with Crippen LogP contribution in [0.5, 0.6) is 0 Å². The van der Waals surface area contributed by atoms with E-state index in [4.69, 9.17) is 9.47 Å². The Hall–Kier alpha value is -2.97. The minimum absolute atomic E-state index is 0.0714. The lowest BCUT2D eigenvalue weighted by Crippen LogP contribution is -2.46. The molecule has 1 rings (SSSR count). The summed E-state index contributed by atoms with van der Waals surface area (Å²) in [5.41, 5.74) is 0.148. The molecular weight excluding hydrogens is 320 g/mol. The first-order chi connectivity index (χ1) is 11.3. The number of nitro groups is 1. The molecule has 0 aliphatic heterocycles. The van der Waals surface area contributed by atoms with Crippen LogP contribution in [0.15, 0.2) is 24.3 Å². The van der Waals surface area contributed by atoms with E-state index in [-0.39, 0.29) is 12.3 Å². The first-order valence-corrected chi connectivity index (χ1v) is 7.11. The maximum atomic E-state index is 12.1. The van der Waals surface area contributed by atoms with Gasteiger partial charge in [-0.2, -0.15) is 0 Å². The second-order valence-corrected chi connectivity index (χ2v) is 4.81. The van der Waals surface area contributed by atoms with Gasteiger partial charge in [0.15, 0.2) is 12.1 Å². The Balaban J connectivity index is 3.23. The SMILES string of the molecule is CCOC(=O)[C@@H](NC(C)=O)[C@H](OC(C)=O)c1ccc([N+](=O)[O-])cc1. The molecule has 0 radical (unpaired) electrons. The summed E-state index contributed by atoms with van der Waals surface area (Å²) in [5.74, 6) is -1.98. The third-order valence-corrected chi connectivity index (χ3v) is 2.93. The zero-order valence-electron chi connectivity index (χ0n) is 13.5. The van der Waals surface area contributed by atoms with Gasteiger partial charge in [0.05, 0.1) is 11.5 Å². The van der Waals surface area contributed by atoms with Crippen molar-refractivity contribution in [3.8, 4) is 0 Å². The molecule has 0 fully saturated rings. The van der Waals surface area contributed by atoms with E-state index in [2.05, 4.69) is 5.32 Å². The Morgan fingerprint density at radius 3 is 2.21 bits per heavy atom. The molecule has 0 unspecified atom stereocenters. The van der Waals surface area contributed by atoms with Gasteiger partial charge in [-0.1, -0.05) is 0 Å². The molecule has 9 nitrogen and oxygen atoms in total. The molecule has 1 N–H and O–H groups in total. The van der Waals surface area contributed by atoms with Crippen LogP contribution in [0.4, 0.5) is 5.69 Å². The highest BCUT2D eigenvalue weighted by molar-refractivity contribution is 5.84. The van der Waals surface area contributed by atoms with Crippen LogP contribution in [-0.2, 0) is 23.9 Å².